The Hall–Kier alpha value is -1.13. The lowest BCUT2D eigenvalue weighted by atomic mass is 10.0. The summed E-state index contributed by atoms with van der Waals surface area (Å²) in [4.78, 5) is 12.8. The van der Waals surface area contributed by atoms with E-state index in [-0.39, 0.29) is 18.6 Å². The summed E-state index contributed by atoms with van der Waals surface area (Å²) >= 11 is 1.61. The summed E-state index contributed by atoms with van der Waals surface area (Å²) in [5.74, 6) is 0.300. The zero-order valence-corrected chi connectivity index (χ0v) is 12.0. The fourth-order valence-electron chi connectivity index (χ4n) is 1.70. The van der Waals surface area contributed by atoms with Crippen LogP contribution in [0.25, 0.3) is 6.08 Å². The molecule has 4 heteroatoms. The summed E-state index contributed by atoms with van der Waals surface area (Å²) in [5, 5.41) is 14.0. The third-order valence-corrected chi connectivity index (χ3v) is 3.59. The van der Waals surface area contributed by atoms with Gasteiger partial charge in [0.1, 0.15) is 0 Å². The van der Waals surface area contributed by atoms with Gasteiger partial charge in [-0.25, -0.2) is 0 Å². The standard InChI is InChI=1S/C14H21NO2S/c1-10(2)8-12(9-16)15-14(17)5-4-13-11(3)6-7-18-13/h4-7,10,12,16H,8-9H2,1-3H3,(H,15,17)/b5-4+. The van der Waals surface area contributed by atoms with E-state index in [1.807, 2.05) is 24.4 Å². The minimum atomic E-state index is -0.161. The van der Waals surface area contributed by atoms with Gasteiger partial charge in [-0.05, 0) is 42.3 Å². The molecule has 1 heterocycles. The Morgan fingerprint density at radius 2 is 2.28 bits per heavy atom. The molecule has 1 atom stereocenters. The molecule has 0 fully saturated rings. The van der Waals surface area contributed by atoms with Crippen molar-refractivity contribution in [1.82, 2.24) is 5.32 Å². The van der Waals surface area contributed by atoms with Gasteiger partial charge in [0.05, 0.1) is 12.6 Å². The molecule has 0 aliphatic heterocycles. The van der Waals surface area contributed by atoms with Crippen LogP contribution < -0.4 is 5.32 Å². The van der Waals surface area contributed by atoms with Gasteiger partial charge in [-0.2, -0.15) is 0 Å². The van der Waals surface area contributed by atoms with E-state index in [1.54, 1.807) is 11.3 Å². The number of thiophene rings is 1. The van der Waals surface area contributed by atoms with Crippen molar-refractivity contribution in [3.63, 3.8) is 0 Å². The fraction of sp³-hybridized carbons (Fsp3) is 0.500. The van der Waals surface area contributed by atoms with Gasteiger partial charge in [0.2, 0.25) is 5.91 Å². The lowest BCUT2D eigenvalue weighted by Gasteiger charge is -2.17. The molecule has 100 valence electrons. The SMILES string of the molecule is Cc1ccsc1/C=C/C(=O)NC(CO)CC(C)C. The normalized spacial score (nSPS) is 13.2. The molecule has 0 bridgehead atoms. The molecule has 1 rings (SSSR count). The second kappa shape index (κ2) is 7.34. The zero-order valence-electron chi connectivity index (χ0n) is 11.1. The Morgan fingerprint density at radius 1 is 1.56 bits per heavy atom. The summed E-state index contributed by atoms with van der Waals surface area (Å²) in [6.45, 7) is 6.14. The highest BCUT2D eigenvalue weighted by molar-refractivity contribution is 7.11. The van der Waals surface area contributed by atoms with Gasteiger partial charge in [-0.3, -0.25) is 4.79 Å². The number of carbonyl (C=O) groups is 1. The molecule has 1 unspecified atom stereocenters. The van der Waals surface area contributed by atoms with Crippen molar-refractivity contribution in [1.29, 1.82) is 0 Å². The Balaban J connectivity index is 2.50. The molecule has 0 aromatic carbocycles. The van der Waals surface area contributed by atoms with E-state index in [4.69, 9.17) is 0 Å². The molecule has 0 spiro atoms. The largest absolute Gasteiger partial charge is 0.394 e. The summed E-state index contributed by atoms with van der Waals surface area (Å²) in [7, 11) is 0. The van der Waals surface area contributed by atoms with Gasteiger partial charge < -0.3 is 10.4 Å². The fourth-order valence-corrected chi connectivity index (χ4v) is 2.52. The molecule has 0 aliphatic rings. The predicted octanol–water partition coefficient (Wildman–Crippen LogP) is 2.59. The Kier molecular flexibility index (Phi) is 6.09. The van der Waals surface area contributed by atoms with Crippen LogP contribution in [-0.2, 0) is 4.79 Å². The molecule has 1 aromatic rings. The molecule has 0 radical (unpaired) electrons. The number of aliphatic hydroxyl groups is 1. The molecule has 0 saturated carbocycles. The van der Waals surface area contributed by atoms with Crippen molar-refractivity contribution in [3.05, 3.63) is 28.0 Å². The Bertz CT molecular complexity index is 410. The molecule has 2 N–H and O–H groups in total. The van der Waals surface area contributed by atoms with E-state index in [1.165, 1.54) is 11.6 Å². The highest BCUT2D eigenvalue weighted by atomic mass is 32.1. The lowest BCUT2D eigenvalue weighted by Crippen LogP contribution is -2.37. The molecule has 1 amide bonds. The second-order valence-corrected chi connectivity index (χ2v) is 5.77. The highest BCUT2D eigenvalue weighted by Gasteiger charge is 2.11. The van der Waals surface area contributed by atoms with Crippen LogP contribution in [0.2, 0.25) is 0 Å². The first kappa shape index (κ1) is 14.9. The molecular formula is C14H21NO2S. The average molecular weight is 267 g/mol. The summed E-state index contributed by atoms with van der Waals surface area (Å²) < 4.78 is 0. The van der Waals surface area contributed by atoms with Crippen LogP contribution >= 0.6 is 11.3 Å². The number of nitrogens with one attached hydrogen (secondary N) is 1. The van der Waals surface area contributed by atoms with E-state index < -0.39 is 0 Å². The van der Waals surface area contributed by atoms with Crippen molar-refractivity contribution in [2.24, 2.45) is 5.92 Å². The number of amides is 1. The third-order valence-electron chi connectivity index (χ3n) is 2.61. The second-order valence-electron chi connectivity index (χ2n) is 4.82. The van der Waals surface area contributed by atoms with Crippen LogP contribution in [0.5, 0.6) is 0 Å². The number of hydrogen-bond donors (Lipinski definition) is 2. The summed E-state index contributed by atoms with van der Waals surface area (Å²) in [5.41, 5.74) is 1.17. The van der Waals surface area contributed by atoms with Crippen LogP contribution in [0.3, 0.4) is 0 Å². The monoisotopic (exact) mass is 267 g/mol. The van der Waals surface area contributed by atoms with Crippen LogP contribution in [0.15, 0.2) is 17.5 Å². The number of hydrogen-bond acceptors (Lipinski definition) is 3. The maximum Gasteiger partial charge on any atom is 0.244 e. The maximum atomic E-state index is 11.7. The Labute approximate surface area is 113 Å². The van der Waals surface area contributed by atoms with Gasteiger partial charge in [0.25, 0.3) is 0 Å². The van der Waals surface area contributed by atoms with Crippen molar-refractivity contribution in [3.8, 4) is 0 Å². The van der Waals surface area contributed by atoms with E-state index in [0.29, 0.717) is 5.92 Å². The van der Waals surface area contributed by atoms with Crippen LogP contribution in [0, 0.1) is 12.8 Å². The van der Waals surface area contributed by atoms with E-state index in [9.17, 15) is 9.90 Å². The van der Waals surface area contributed by atoms with Crippen molar-refractivity contribution in [2.45, 2.75) is 33.2 Å². The smallest absolute Gasteiger partial charge is 0.244 e. The Morgan fingerprint density at radius 3 is 2.78 bits per heavy atom. The first-order valence-electron chi connectivity index (χ1n) is 6.16. The van der Waals surface area contributed by atoms with E-state index in [2.05, 4.69) is 19.2 Å². The summed E-state index contributed by atoms with van der Waals surface area (Å²) in [6.07, 6.45) is 4.13. The molecule has 18 heavy (non-hydrogen) atoms. The van der Waals surface area contributed by atoms with Gasteiger partial charge in [0, 0.05) is 11.0 Å². The van der Waals surface area contributed by atoms with Crippen molar-refractivity contribution >= 4 is 23.3 Å². The first-order valence-corrected chi connectivity index (χ1v) is 7.04. The van der Waals surface area contributed by atoms with Gasteiger partial charge in [-0.15, -0.1) is 11.3 Å². The summed E-state index contributed by atoms with van der Waals surface area (Å²) in [6, 6.07) is 1.86. The number of aliphatic hydroxyl groups excluding tert-OH is 1. The first-order chi connectivity index (χ1) is 8.52. The number of carbonyl (C=O) groups excluding carboxylic acids is 1. The molecule has 3 nitrogen and oxygen atoms in total. The topological polar surface area (TPSA) is 49.3 Å². The molecule has 0 aliphatic carbocycles. The van der Waals surface area contributed by atoms with Crippen LogP contribution in [0.4, 0.5) is 0 Å². The number of rotatable bonds is 6. The van der Waals surface area contributed by atoms with E-state index in [0.717, 1.165) is 11.3 Å². The minimum Gasteiger partial charge on any atom is -0.394 e. The molecule has 1 aromatic heterocycles. The number of aryl methyl sites for hydroxylation is 1. The predicted molar refractivity (Wildman–Crippen MR) is 76.6 cm³/mol. The van der Waals surface area contributed by atoms with Crippen molar-refractivity contribution in [2.75, 3.05) is 6.61 Å². The highest BCUT2D eigenvalue weighted by Crippen LogP contribution is 2.16. The maximum absolute atomic E-state index is 11.7. The molecular weight excluding hydrogens is 246 g/mol. The van der Waals surface area contributed by atoms with E-state index >= 15 is 0 Å². The van der Waals surface area contributed by atoms with Gasteiger partial charge >= 0.3 is 0 Å². The van der Waals surface area contributed by atoms with Crippen LogP contribution in [-0.4, -0.2) is 23.7 Å². The third kappa shape index (κ3) is 5.02. The minimum absolute atomic E-state index is 0.0181. The lowest BCUT2D eigenvalue weighted by molar-refractivity contribution is -0.117. The van der Waals surface area contributed by atoms with Crippen LogP contribution in [0.1, 0.15) is 30.7 Å². The average Bonchev–Trinajstić information content (AvgIpc) is 2.70. The molecule has 0 saturated heterocycles. The van der Waals surface area contributed by atoms with Gasteiger partial charge in [0.15, 0.2) is 0 Å². The quantitative estimate of drug-likeness (QED) is 0.778. The zero-order chi connectivity index (χ0) is 13.5. The van der Waals surface area contributed by atoms with Crippen molar-refractivity contribution < 1.29 is 9.90 Å². The van der Waals surface area contributed by atoms with Gasteiger partial charge in [-0.1, -0.05) is 13.8 Å².